The highest BCUT2D eigenvalue weighted by Gasteiger charge is 2.38. The van der Waals surface area contributed by atoms with Crippen molar-refractivity contribution in [3.05, 3.63) is 0 Å². The molecule has 2 rings (SSSR count). The van der Waals surface area contributed by atoms with Crippen LogP contribution in [0.4, 0.5) is 0 Å². The van der Waals surface area contributed by atoms with Gasteiger partial charge < -0.3 is 20.6 Å². The molecule has 3 amide bonds. The van der Waals surface area contributed by atoms with Crippen molar-refractivity contribution in [2.24, 2.45) is 17.8 Å². The fraction of sp³-hybridized carbons (Fsp3) is 0.800. The minimum absolute atomic E-state index is 0.0599. The number of hydrogen-bond donors (Lipinski definition) is 3. The van der Waals surface area contributed by atoms with Gasteiger partial charge in [-0.15, -0.1) is 0 Å². The van der Waals surface area contributed by atoms with Crippen LogP contribution in [0.3, 0.4) is 0 Å². The number of likely N-dealkylation sites (tertiary alicyclic amines) is 1. The highest BCUT2D eigenvalue weighted by atomic mass is 16.4. The molecule has 1 aliphatic heterocycles. The van der Waals surface area contributed by atoms with E-state index in [4.69, 9.17) is 0 Å². The minimum Gasteiger partial charge on any atom is -0.480 e. The minimum atomic E-state index is -1.09. The van der Waals surface area contributed by atoms with E-state index in [1.165, 1.54) is 0 Å². The van der Waals surface area contributed by atoms with E-state index in [1.807, 2.05) is 18.7 Å². The van der Waals surface area contributed by atoms with Crippen molar-refractivity contribution in [2.45, 2.75) is 64.8 Å². The molecule has 3 N–H and O–H groups in total. The molecular weight excluding hydrogens is 362 g/mol. The van der Waals surface area contributed by atoms with E-state index in [1.54, 1.807) is 0 Å². The molecule has 2 fully saturated rings. The molecule has 1 saturated carbocycles. The van der Waals surface area contributed by atoms with Crippen molar-refractivity contribution in [3.63, 3.8) is 0 Å². The van der Waals surface area contributed by atoms with Crippen molar-refractivity contribution < 1.29 is 24.3 Å². The Balaban J connectivity index is 1.88. The Labute approximate surface area is 166 Å². The van der Waals surface area contributed by atoms with Gasteiger partial charge in [0.2, 0.25) is 17.7 Å². The number of carbonyl (C=O) groups excluding carboxylic acids is 3. The van der Waals surface area contributed by atoms with Crippen molar-refractivity contribution in [3.8, 4) is 0 Å². The summed E-state index contributed by atoms with van der Waals surface area (Å²) in [5.41, 5.74) is 0. The number of carboxylic acid groups (broad SMARTS) is 1. The van der Waals surface area contributed by atoms with Crippen LogP contribution in [0, 0.1) is 17.8 Å². The Morgan fingerprint density at radius 1 is 1.00 bits per heavy atom. The average molecular weight is 396 g/mol. The van der Waals surface area contributed by atoms with Crippen LogP contribution in [0.1, 0.15) is 58.8 Å². The fourth-order valence-electron chi connectivity index (χ4n) is 4.15. The number of nitrogens with one attached hydrogen (secondary N) is 2. The molecule has 2 unspecified atom stereocenters. The highest BCUT2D eigenvalue weighted by molar-refractivity contribution is 5.91. The molecule has 1 heterocycles. The van der Waals surface area contributed by atoms with Crippen LogP contribution < -0.4 is 10.6 Å². The van der Waals surface area contributed by atoms with Crippen molar-refractivity contribution in [1.29, 1.82) is 0 Å². The lowest BCUT2D eigenvalue weighted by molar-refractivity contribution is -0.143. The zero-order chi connectivity index (χ0) is 20.7. The molecule has 2 aliphatic rings. The van der Waals surface area contributed by atoms with Crippen molar-refractivity contribution in [1.82, 2.24) is 15.5 Å². The SMILES string of the molecule is CC(C)C[C@H](NC(=O)CNC(=O)C1CCCCC1C(=O)N1CCCC1)C(=O)O. The van der Waals surface area contributed by atoms with E-state index in [0.29, 0.717) is 19.3 Å². The fourth-order valence-corrected chi connectivity index (χ4v) is 4.15. The summed E-state index contributed by atoms with van der Waals surface area (Å²) in [7, 11) is 0. The van der Waals surface area contributed by atoms with Gasteiger partial charge in [0.15, 0.2) is 0 Å². The molecule has 0 spiro atoms. The second kappa shape index (κ2) is 10.4. The average Bonchev–Trinajstić information content (AvgIpc) is 3.19. The number of rotatable bonds is 8. The van der Waals surface area contributed by atoms with E-state index in [0.717, 1.165) is 38.8 Å². The summed E-state index contributed by atoms with van der Waals surface area (Å²) in [5.74, 6) is -2.46. The van der Waals surface area contributed by atoms with Gasteiger partial charge in [-0.05, 0) is 38.0 Å². The monoisotopic (exact) mass is 395 g/mol. The number of carboxylic acids is 1. The maximum atomic E-state index is 12.8. The van der Waals surface area contributed by atoms with Gasteiger partial charge in [0.1, 0.15) is 6.04 Å². The van der Waals surface area contributed by atoms with Gasteiger partial charge in [0.05, 0.1) is 6.54 Å². The third kappa shape index (κ3) is 6.21. The van der Waals surface area contributed by atoms with Gasteiger partial charge in [0, 0.05) is 24.9 Å². The van der Waals surface area contributed by atoms with Gasteiger partial charge in [-0.3, -0.25) is 14.4 Å². The molecule has 8 nitrogen and oxygen atoms in total. The lowest BCUT2D eigenvalue weighted by atomic mass is 9.78. The van der Waals surface area contributed by atoms with Gasteiger partial charge in [-0.1, -0.05) is 26.7 Å². The molecule has 1 saturated heterocycles. The Kier molecular flexibility index (Phi) is 8.26. The predicted molar refractivity (Wildman–Crippen MR) is 103 cm³/mol. The summed E-state index contributed by atoms with van der Waals surface area (Å²) < 4.78 is 0. The summed E-state index contributed by atoms with van der Waals surface area (Å²) in [5, 5.41) is 14.3. The third-order valence-electron chi connectivity index (χ3n) is 5.60. The first-order chi connectivity index (χ1) is 13.3. The van der Waals surface area contributed by atoms with E-state index >= 15 is 0 Å². The van der Waals surface area contributed by atoms with Crippen LogP contribution >= 0.6 is 0 Å². The third-order valence-corrected chi connectivity index (χ3v) is 5.60. The molecule has 158 valence electrons. The Hall–Kier alpha value is -2.12. The van der Waals surface area contributed by atoms with E-state index in [-0.39, 0.29) is 30.2 Å². The number of carbonyl (C=O) groups is 4. The van der Waals surface area contributed by atoms with E-state index in [9.17, 15) is 24.3 Å². The first-order valence-corrected chi connectivity index (χ1v) is 10.4. The molecular formula is C20H33N3O5. The summed E-state index contributed by atoms with van der Waals surface area (Å²) in [6.45, 7) is 5.01. The van der Waals surface area contributed by atoms with E-state index in [2.05, 4.69) is 10.6 Å². The van der Waals surface area contributed by atoms with Crippen molar-refractivity contribution in [2.75, 3.05) is 19.6 Å². The smallest absolute Gasteiger partial charge is 0.326 e. The number of hydrogen-bond acceptors (Lipinski definition) is 4. The summed E-state index contributed by atoms with van der Waals surface area (Å²) >= 11 is 0. The van der Waals surface area contributed by atoms with Crippen LogP contribution in [0.2, 0.25) is 0 Å². The topological polar surface area (TPSA) is 116 Å². The summed E-state index contributed by atoms with van der Waals surface area (Å²) in [4.78, 5) is 50.6. The molecule has 1 aliphatic carbocycles. The standard InChI is InChI=1S/C20H33N3O5/c1-13(2)11-16(20(27)28)22-17(24)12-21-18(25)14-7-3-4-8-15(14)19(26)23-9-5-6-10-23/h13-16H,3-12H2,1-2H3,(H,21,25)(H,22,24)(H,27,28)/t14?,15?,16-/m0/s1. The maximum absolute atomic E-state index is 12.8. The quantitative estimate of drug-likeness (QED) is 0.570. The lowest BCUT2D eigenvalue weighted by Gasteiger charge is -2.32. The van der Waals surface area contributed by atoms with Gasteiger partial charge in [-0.2, -0.15) is 0 Å². The molecule has 0 aromatic rings. The first-order valence-electron chi connectivity index (χ1n) is 10.4. The lowest BCUT2D eigenvalue weighted by Crippen LogP contribution is -2.49. The molecule has 0 aromatic heterocycles. The molecule has 0 radical (unpaired) electrons. The normalized spacial score (nSPS) is 23.3. The number of amides is 3. The molecule has 0 bridgehead atoms. The van der Waals surface area contributed by atoms with Gasteiger partial charge in [-0.25, -0.2) is 4.79 Å². The summed E-state index contributed by atoms with van der Waals surface area (Å²) in [6.07, 6.45) is 5.52. The van der Waals surface area contributed by atoms with Crippen LogP contribution in [-0.2, 0) is 19.2 Å². The van der Waals surface area contributed by atoms with Crippen LogP contribution in [-0.4, -0.2) is 59.4 Å². The van der Waals surface area contributed by atoms with Gasteiger partial charge >= 0.3 is 5.97 Å². The van der Waals surface area contributed by atoms with Gasteiger partial charge in [0.25, 0.3) is 0 Å². The Morgan fingerprint density at radius 2 is 1.61 bits per heavy atom. The maximum Gasteiger partial charge on any atom is 0.326 e. The summed E-state index contributed by atoms with van der Waals surface area (Å²) in [6, 6.07) is -0.969. The Morgan fingerprint density at radius 3 is 2.18 bits per heavy atom. The zero-order valence-corrected chi connectivity index (χ0v) is 16.9. The number of aliphatic carboxylic acids is 1. The number of nitrogens with zero attached hydrogens (tertiary/aromatic N) is 1. The second-order valence-electron chi connectivity index (χ2n) is 8.34. The van der Waals surface area contributed by atoms with Crippen LogP contribution in [0.15, 0.2) is 0 Å². The molecule has 28 heavy (non-hydrogen) atoms. The highest BCUT2D eigenvalue weighted by Crippen LogP contribution is 2.32. The second-order valence-corrected chi connectivity index (χ2v) is 8.34. The van der Waals surface area contributed by atoms with Crippen LogP contribution in [0.25, 0.3) is 0 Å². The molecule has 8 heteroatoms. The predicted octanol–water partition coefficient (Wildman–Crippen LogP) is 1.15. The van der Waals surface area contributed by atoms with Crippen LogP contribution in [0.5, 0.6) is 0 Å². The van der Waals surface area contributed by atoms with E-state index < -0.39 is 23.8 Å². The van der Waals surface area contributed by atoms with Crippen molar-refractivity contribution >= 4 is 23.7 Å². The molecule has 0 aromatic carbocycles. The Bertz CT molecular complexity index is 586. The molecule has 3 atom stereocenters. The zero-order valence-electron chi connectivity index (χ0n) is 16.9. The first kappa shape index (κ1) is 22.2. The largest absolute Gasteiger partial charge is 0.480 e.